The molecule has 29 heavy (non-hydrogen) atoms. The molecule has 6 heteroatoms. The number of benzene rings is 1. The molecule has 3 aliphatic rings. The molecule has 4 rings (SSSR count). The van der Waals surface area contributed by atoms with Gasteiger partial charge in [0.1, 0.15) is 24.8 Å². The molecule has 3 fully saturated rings. The van der Waals surface area contributed by atoms with Crippen molar-refractivity contribution in [3.8, 4) is 0 Å². The smallest absolute Gasteiger partial charge is 0.309 e. The maximum atomic E-state index is 12.1. The Kier molecular flexibility index (Phi) is 8.20. The number of aliphatic hydroxyl groups excluding tert-OH is 1. The minimum absolute atomic E-state index is 0. The molecule has 0 radical (unpaired) electrons. The van der Waals surface area contributed by atoms with Crippen molar-refractivity contribution < 1.29 is 31.5 Å². The number of nitrogens with zero attached hydrogens (tertiary/aromatic N) is 1. The monoisotopic (exact) mass is 441 g/mol. The fourth-order valence-corrected chi connectivity index (χ4v) is 4.72. The molecular weight excluding hydrogens is 409 g/mol. The Hall–Kier alpha value is -1.07. The second kappa shape index (κ2) is 9.82. The Morgan fingerprint density at radius 1 is 1.28 bits per heavy atom. The molecule has 3 saturated heterocycles. The van der Waals surface area contributed by atoms with Gasteiger partial charge in [-0.2, -0.15) is 0 Å². The lowest BCUT2D eigenvalue weighted by Crippen LogP contribution is -3.00. The van der Waals surface area contributed by atoms with Gasteiger partial charge in [0, 0.05) is 17.9 Å². The number of esters is 1. The highest BCUT2D eigenvalue weighted by Gasteiger charge is 2.43. The van der Waals surface area contributed by atoms with Crippen molar-refractivity contribution in [1.29, 1.82) is 0 Å². The number of ether oxygens (including phenoxy) is 1. The number of carbonyl (C=O) groups is 1. The predicted octanol–water partition coefficient (Wildman–Crippen LogP) is 1.15. The van der Waals surface area contributed by atoms with Gasteiger partial charge < -0.3 is 26.7 Å². The summed E-state index contributed by atoms with van der Waals surface area (Å²) in [6.07, 6.45) is 5.06. The molecule has 1 unspecified atom stereocenters. The van der Waals surface area contributed by atoms with E-state index in [4.69, 9.17) is 16.3 Å². The van der Waals surface area contributed by atoms with Crippen LogP contribution in [-0.4, -0.2) is 53.4 Å². The number of aliphatic hydroxyl groups is 1. The Morgan fingerprint density at radius 2 is 1.90 bits per heavy atom. The summed E-state index contributed by atoms with van der Waals surface area (Å²) in [5.74, 6) is 0.360. The van der Waals surface area contributed by atoms with Gasteiger partial charge in [0.15, 0.2) is 0 Å². The van der Waals surface area contributed by atoms with Gasteiger partial charge in [-0.3, -0.25) is 4.79 Å². The Labute approximate surface area is 185 Å². The third-order valence-electron chi connectivity index (χ3n) is 5.88. The van der Waals surface area contributed by atoms with E-state index in [1.54, 1.807) is 0 Å². The lowest BCUT2D eigenvalue weighted by molar-refractivity contribution is -0.938. The molecular formula is C23H33Cl2NO3. The molecule has 4 nitrogen and oxygen atoms in total. The number of quaternary nitrogens is 1. The predicted molar refractivity (Wildman–Crippen MR) is 112 cm³/mol. The highest BCUT2D eigenvalue weighted by atomic mass is 35.5. The van der Waals surface area contributed by atoms with Crippen LogP contribution in [0.1, 0.15) is 45.6 Å². The number of allylic oxidation sites excluding steroid dienone is 1. The maximum Gasteiger partial charge on any atom is 0.309 e. The summed E-state index contributed by atoms with van der Waals surface area (Å²) in [5, 5.41) is 11.3. The van der Waals surface area contributed by atoms with Gasteiger partial charge in [0.05, 0.1) is 19.5 Å². The third-order valence-corrected chi connectivity index (χ3v) is 6.13. The summed E-state index contributed by atoms with van der Waals surface area (Å²) < 4.78 is 6.26. The summed E-state index contributed by atoms with van der Waals surface area (Å²) in [5.41, 5.74) is 2.27. The zero-order valence-corrected chi connectivity index (χ0v) is 19.2. The largest absolute Gasteiger partial charge is 1.00 e. The SMILES string of the molecule is CC(C)(C)OC(=O)CC(O)C[N+]12CCC(CC1)/C(=C/Cc1ccc(Cl)cc1)C2.[Cl-]. The van der Waals surface area contributed by atoms with Crippen molar-refractivity contribution in [3.05, 3.63) is 46.5 Å². The number of piperidine rings is 3. The van der Waals surface area contributed by atoms with E-state index in [1.165, 1.54) is 24.0 Å². The van der Waals surface area contributed by atoms with Crippen LogP contribution < -0.4 is 12.4 Å². The van der Waals surface area contributed by atoms with E-state index in [0.717, 1.165) is 35.6 Å². The first-order valence-corrected chi connectivity index (χ1v) is 10.7. The van der Waals surface area contributed by atoms with Crippen molar-refractivity contribution in [3.63, 3.8) is 0 Å². The molecule has 0 amide bonds. The van der Waals surface area contributed by atoms with E-state index in [1.807, 2.05) is 32.9 Å². The van der Waals surface area contributed by atoms with Crippen LogP contribution in [0.15, 0.2) is 35.9 Å². The van der Waals surface area contributed by atoms with E-state index in [0.29, 0.717) is 12.5 Å². The average molecular weight is 442 g/mol. The molecule has 1 aromatic rings. The van der Waals surface area contributed by atoms with Crippen LogP contribution in [0.5, 0.6) is 0 Å². The molecule has 0 aliphatic carbocycles. The molecule has 1 N–H and O–H groups in total. The molecule has 0 aromatic heterocycles. The van der Waals surface area contributed by atoms with E-state index in [2.05, 4.69) is 18.2 Å². The van der Waals surface area contributed by atoms with Crippen LogP contribution >= 0.6 is 11.6 Å². The summed E-state index contributed by atoms with van der Waals surface area (Å²) in [4.78, 5) is 12.1. The summed E-state index contributed by atoms with van der Waals surface area (Å²) in [7, 11) is 0. The highest BCUT2D eigenvalue weighted by Crippen LogP contribution is 2.38. The third kappa shape index (κ3) is 6.99. The van der Waals surface area contributed by atoms with Crippen LogP contribution in [0.25, 0.3) is 0 Å². The van der Waals surface area contributed by atoms with E-state index in [9.17, 15) is 9.90 Å². The van der Waals surface area contributed by atoms with Crippen LogP contribution in [0.3, 0.4) is 0 Å². The molecule has 3 aliphatic heterocycles. The topological polar surface area (TPSA) is 46.5 Å². The lowest BCUT2D eigenvalue weighted by Gasteiger charge is -2.51. The number of fused-ring (bicyclic) bond motifs is 3. The number of carbonyl (C=O) groups excluding carboxylic acids is 1. The molecule has 162 valence electrons. The van der Waals surface area contributed by atoms with Gasteiger partial charge in [-0.15, -0.1) is 0 Å². The number of rotatable bonds is 6. The number of hydrogen-bond donors (Lipinski definition) is 1. The first kappa shape index (κ1) is 24.2. The second-order valence-electron chi connectivity index (χ2n) is 9.46. The lowest BCUT2D eigenvalue weighted by atomic mass is 9.80. The van der Waals surface area contributed by atoms with Crippen LogP contribution in [0.2, 0.25) is 5.02 Å². The normalized spacial score (nSPS) is 26.1. The summed E-state index contributed by atoms with van der Waals surface area (Å²) >= 11 is 5.98. The van der Waals surface area contributed by atoms with Crippen molar-refractivity contribution in [2.24, 2.45) is 5.92 Å². The van der Waals surface area contributed by atoms with E-state index < -0.39 is 11.7 Å². The molecule has 0 saturated carbocycles. The van der Waals surface area contributed by atoms with E-state index >= 15 is 0 Å². The molecule has 0 spiro atoms. The average Bonchev–Trinajstić information content (AvgIpc) is 2.60. The van der Waals surface area contributed by atoms with Crippen LogP contribution in [-0.2, 0) is 16.0 Å². The fourth-order valence-electron chi connectivity index (χ4n) is 4.60. The minimum Gasteiger partial charge on any atom is -1.00 e. The number of hydrogen-bond acceptors (Lipinski definition) is 3. The van der Waals surface area contributed by atoms with E-state index in [-0.39, 0.29) is 24.8 Å². The Morgan fingerprint density at radius 3 is 2.48 bits per heavy atom. The van der Waals surface area contributed by atoms with Gasteiger partial charge in [-0.25, -0.2) is 0 Å². The van der Waals surface area contributed by atoms with Gasteiger partial charge in [-0.1, -0.05) is 29.8 Å². The maximum absolute atomic E-state index is 12.1. The van der Waals surface area contributed by atoms with Gasteiger partial charge >= 0.3 is 5.97 Å². The molecule has 3 heterocycles. The first-order valence-electron chi connectivity index (χ1n) is 10.3. The summed E-state index contributed by atoms with van der Waals surface area (Å²) in [6.45, 7) is 9.36. The second-order valence-corrected chi connectivity index (χ2v) is 9.89. The first-order chi connectivity index (χ1) is 13.1. The summed E-state index contributed by atoms with van der Waals surface area (Å²) in [6, 6.07) is 8.03. The Balaban J connectivity index is 0.00000300. The van der Waals surface area contributed by atoms with Crippen LogP contribution in [0.4, 0.5) is 0 Å². The molecule has 1 aromatic carbocycles. The quantitative estimate of drug-likeness (QED) is 0.409. The van der Waals surface area contributed by atoms with Gasteiger partial charge in [0.25, 0.3) is 0 Å². The van der Waals surface area contributed by atoms with Gasteiger partial charge in [0.2, 0.25) is 0 Å². The zero-order valence-electron chi connectivity index (χ0n) is 17.7. The molecule has 1 atom stereocenters. The molecule has 2 bridgehead atoms. The van der Waals surface area contributed by atoms with Crippen molar-refractivity contribution in [2.45, 2.75) is 58.2 Å². The highest BCUT2D eigenvalue weighted by molar-refractivity contribution is 6.30. The zero-order chi connectivity index (χ0) is 20.4. The minimum atomic E-state index is -0.651. The Bertz CT molecular complexity index is 717. The van der Waals surface area contributed by atoms with Crippen LogP contribution in [0, 0.1) is 5.92 Å². The van der Waals surface area contributed by atoms with Gasteiger partial charge in [-0.05, 0) is 56.4 Å². The van der Waals surface area contributed by atoms with Crippen molar-refractivity contribution in [1.82, 2.24) is 0 Å². The number of halogens is 2. The van der Waals surface area contributed by atoms with Crippen molar-refractivity contribution >= 4 is 17.6 Å². The standard InChI is InChI=1S/C23H33ClNO3.ClH/c1-23(2,3)28-22(27)14-21(26)16-25-12-10-18(11-13-25)19(15-25)7-4-17-5-8-20(24)9-6-17;/h5-9,18,21,26H,4,10-16H2,1-3H3;1H/q+1;/p-1/b19-7+;. The fraction of sp³-hybridized carbons (Fsp3) is 0.609. The van der Waals surface area contributed by atoms with Crippen molar-refractivity contribution in [2.75, 3.05) is 26.2 Å².